The summed E-state index contributed by atoms with van der Waals surface area (Å²) < 4.78 is 14.0. The molecule has 2 saturated heterocycles. The van der Waals surface area contributed by atoms with Crippen LogP contribution in [0, 0.1) is 34.9 Å². The second-order valence-corrected chi connectivity index (χ2v) is 12.3. The van der Waals surface area contributed by atoms with Crippen molar-refractivity contribution in [3.63, 3.8) is 0 Å². The maximum Gasteiger partial charge on any atom is 0.241 e. The maximum absolute atomic E-state index is 14.4. The third kappa shape index (κ3) is 3.84. The number of carbonyl (C=O) groups is 4. The first-order chi connectivity index (χ1) is 20.1. The lowest BCUT2D eigenvalue weighted by molar-refractivity contribution is -0.140. The van der Waals surface area contributed by atoms with Gasteiger partial charge in [-0.3, -0.25) is 24.1 Å². The normalized spacial score (nSPS) is 30.3. The number of allylic oxidation sites excluding steroid dienone is 3. The topological polar surface area (TPSA) is 95.0 Å². The molecule has 4 amide bonds. The van der Waals surface area contributed by atoms with Crippen LogP contribution in [0.4, 0.5) is 10.1 Å². The second-order valence-electron chi connectivity index (χ2n) is 11.9. The zero-order valence-corrected chi connectivity index (χ0v) is 24.2. The van der Waals surface area contributed by atoms with E-state index in [9.17, 15) is 28.7 Å². The number of aromatic hydroxyl groups is 1. The van der Waals surface area contributed by atoms with Gasteiger partial charge in [0.2, 0.25) is 23.6 Å². The van der Waals surface area contributed by atoms with Gasteiger partial charge >= 0.3 is 0 Å². The molecule has 42 heavy (non-hydrogen) atoms. The molecule has 0 aromatic heterocycles. The van der Waals surface area contributed by atoms with Crippen LogP contribution in [0.15, 0.2) is 60.7 Å². The predicted octanol–water partition coefficient (Wildman–Crippen LogP) is 5.55. The summed E-state index contributed by atoms with van der Waals surface area (Å²) in [5, 5.41) is 11.3. The molecule has 0 spiro atoms. The van der Waals surface area contributed by atoms with Crippen molar-refractivity contribution in [3.8, 4) is 5.75 Å². The van der Waals surface area contributed by atoms with Crippen molar-refractivity contribution in [1.82, 2.24) is 4.90 Å². The number of imide groups is 2. The number of phenols is 1. The molecule has 9 heteroatoms. The highest BCUT2D eigenvalue weighted by Gasteiger charge is 2.67. The number of para-hydroxylation sites is 1. The maximum atomic E-state index is 14.4. The van der Waals surface area contributed by atoms with Crippen LogP contribution in [0.3, 0.4) is 0 Å². The second kappa shape index (κ2) is 10.2. The SMILES string of the molecule is C=CCc1cccc(C2C3=CCC4C(=O)N(CCC)C(=O)C4C3CC3C(=O)N(c4ccc(F)c(Cl)c4)C(=O)C32C)c1O. The van der Waals surface area contributed by atoms with Gasteiger partial charge in [0, 0.05) is 18.0 Å². The van der Waals surface area contributed by atoms with Crippen molar-refractivity contribution in [2.24, 2.45) is 29.1 Å². The Morgan fingerprint density at radius 3 is 2.57 bits per heavy atom. The number of phenolic OH excluding ortho intramolecular Hbond substituents is 1. The number of fused-ring (bicyclic) bond motifs is 4. The lowest BCUT2D eigenvalue weighted by atomic mass is 9.51. The Morgan fingerprint density at radius 1 is 1.12 bits per heavy atom. The van der Waals surface area contributed by atoms with Gasteiger partial charge in [-0.25, -0.2) is 9.29 Å². The number of amides is 4. The Kier molecular flexibility index (Phi) is 6.88. The van der Waals surface area contributed by atoms with E-state index in [1.807, 2.05) is 13.0 Å². The quantitative estimate of drug-likeness (QED) is 0.351. The van der Waals surface area contributed by atoms with Crippen LogP contribution in [0.1, 0.15) is 50.2 Å². The summed E-state index contributed by atoms with van der Waals surface area (Å²) in [6.45, 7) is 7.76. The molecule has 2 aliphatic carbocycles. The molecule has 3 fully saturated rings. The van der Waals surface area contributed by atoms with Gasteiger partial charge in [0.25, 0.3) is 0 Å². The van der Waals surface area contributed by atoms with Gasteiger partial charge in [-0.1, -0.05) is 54.4 Å². The number of hydrogen-bond acceptors (Lipinski definition) is 5. The van der Waals surface area contributed by atoms with E-state index in [0.29, 0.717) is 36.9 Å². The van der Waals surface area contributed by atoms with Gasteiger partial charge < -0.3 is 5.11 Å². The molecular weight excluding hydrogens is 559 g/mol. The Bertz CT molecular complexity index is 1590. The first-order valence-electron chi connectivity index (χ1n) is 14.4. The summed E-state index contributed by atoms with van der Waals surface area (Å²) in [6.07, 6.45) is 5.19. The Labute approximate surface area is 248 Å². The summed E-state index contributed by atoms with van der Waals surface area (Å²) in [5.41, 5.74) is 0.733. The highest BCUT2D eigenvalue weighted by Crippen LogP contribution is 2.64. The van der Waals surface area contributed by atoms with Gasteiger partial charge in [-0.2, -0.15) is 0 Å². The van der Waals surface area contributed by atoms with E-state index in [2.05, 4.69) is 6.58 Å². The fraction of sp³-hybridized carbons (Fsp3) is 0.394. The molecule has 0 bridgehead atoms. The van der Waals surface area contributed by atoms with Crippen molar-refractivity contribution >= 4 is 40.9 Å². The van der Waals surface area contributed by atoms with Gasteiger partial charge in [0.15, 0.2) is 0 Å². The molecule has 218 valence electrons. The number of anilines is 1. The number of halogens is 2. The van der Waals surface area contributed by atoms with Crippen molar-refractivity contribution in [3.05, 3.63) is 82.7 Å². The van der Waals surface area contributed by atoms with Gasteiger partial charge in [0.1, 0.15) is 11.6 Å². The van der Waals surface area contributed by atoms with Crippen molar-refractivity contribution in [1.29, 1.82) is 0 Å². The molecule has 7 nitrogen and oxygen atoms in total. The fourth-order valence-corrected chi connectivity index (χ4v) is 8.08. The highest BCUT2D eigenvalue weighted by molar-refractivity contribution is 6.31. The Hall–Kier alpha value is -3.78. The van der Waals surface area contributed by atoms with E-state index in [0.717, 1.165) is 16.5 Å². The molecule has 2 aromatic carbocycles. The van der Waals surface area contributed by atoms with E-state index >= 15 is 0 Å². The standard InChI is InChI=1S/C33H32ClFN2O5/c1-4-7-17-8-6-9-21(28(17)38)27-19-11-12-20-26(31(41)36(14-5-2)29(20)39)22(19)16-23-30(40)37(32(42)33(23,27)3)18-10-13-25(35)24(34)15-18/h4,6,8-11,13,15,20,22-23,26-27,38H,1,5,7,12,14,16H2,2-3H3. The van der Waals surface area contributed by atoms with Crippen LogP contribution in [0.5, 0.6) is 5.75 Å². The average Bonchev–Trinajstić information content (AvgIpc) is 3.32. The number of likely N-dealkylation sites (tertiary alicyclic amines) is 1. The number of benzene rings is 2. The molecule has 1 saturated carbocycles. The molecule has 6 atom stereocenters. The smallest absolute Gasteiger partial charge is 0.241 e. The Morgan fingerprint density at radius 2 is 1.88 bits per heavy atom. The van der Waals surface area contributed by atoms with Gasteiger partial charge in [-0.05, 0) is 62.3 Å². The number of nitrogens with zero attached hydrogens (tertiary/aromatic N) is 2. The van der Waals surface area contributed by atoms with Crippen LogP contribution in [0.2, 0.25) is 5.02 Å². The zero-order chi connectivity index (χ0) is 30.1. The summed E-state index contributed by atoms with van der Waals surface area (Å²) >= 11 is 6.05. The molecule has 6 rings (SSSR count). The van der Waals surface area contributed by atoms with Crippen molar-refractivity contribution in [2.75, 3.05) is 11.4 Å². The van der Waals surface area contributed by atoms with E-state index < -0.39 is 52.6 Å². The predicted molar refractivity (Wildman–Crippen MR) is 155 cm³/mol. The molecule has 2 aliphatic heterocycles. The van der Waals surface area contributed by atoms with E-state index in [-0.39, 0.29) is 34.7 Å². The van der Waals surface area contributed by atoms with Crippen molar-refractivity contribution in [2.45, 2.75) is 45.4 Å². The highest BCUT2D eigenvalue weighted by atomic mass is 35.5. The van der Waals surface area contributed by atoms with Crippen LogP contribution in [-0.2, 0) is 25.6 Å². The van der Waals surface area contributed by atoms with Crippen LogP contribution < -0.4 is 4.90 Å². The molecule has 0 radical (unpaired) electrons. The minimum Gasteiger partial charge on any atom is -0.507 e. The van der Waals surface area contributed by atoms with E-state index in [1.54, 1.807) is 31.2 Å². The van der Waals surface area contributed by atoms with Crippen molar-refractivity contribution < 1.29 is 28.7 Å². The van der Waals surface area contributed by atoms with Gasteiger partial charge in [-0.15, -0.1) is 6.58 Å². The monoisotopic (exact) mass is 590 g/mol. The summed E-state index contributed by atoms with van der Waals surface area (Å²) in [5.74, 6) is -5.30. The third-order valence-corrected chi connectivity index (χ3v) is 10.1. The number of hydrogen-bond donors (Lipinski definition) is 1. The molecule has 4 aliphatic rings. The van der Waals surface area contributed by atoms with Crippen LogP contribution in [-0.4, -0.2) is 40.2 Å². The lowest BCUT2D eigenvalue weighted by Gasteiger charge is -2.49. The van der Waals surface area contributed by atoms with Crippen LogP contribution in [0.25, 0.3) is 0 Å². The minimum absolute atomic E-state index is 0.0102. The largest absolute Gasteiger partial charge is 0.507 e. The molecular formula is C33H32ClFN2O5. The molecule has 2 heterocycles. The molecule has 1 N–H and O–H groups in total. The average molecular weight is 591 g/mol. The zero-order valence-electron chi connectivity index (χ0n) is 23.5. The molecule has 2 aromatic rings. The van der Waals surface area contributed by atoms with E-state index in [1.165, 1.54) is 17.0 Å². The minimum atomic E-state index is -1.33. The summed E-state index contributed by atoms with van der Waals surface area (Å²) in [7, 11) is 0. The molecule has 6 unspecified atom stereocenters. The first kappa shape index (κ1) is 28.3. The van der Waals surface area contributed by atoms with Gasteiger partial charge in [0.05, 0.1) is 33.9 Å². The Balaban J connectivity index is 1.54. The summed E-state index contributed by atoms with van der Waals surface area (Å²) in [6, 6.07) is 9.05. The fourth-order valence-electron chi connectivity index (χ4n) is 7.90. The summed E-state index contributed by atoms with van der Waals surface area (Å²) in [4.78, 5) is 58.0. The third-order valence-electron chi connectivity index (χ3n) is 9.80. The lowest BCUT2D eigenvalue weighted by Crippen LogP contribution is -2.49. The first-order valence-corrected chi connectivity index (χ1v) is 14.7. The van der Waals surface area contributed by atoms with E-state index in [4.69, 9.17) is 11.6 Å². The number of rotatable bonds is 6. The van der Waals surface area contributed by atoms with Crippen LogP contribution >= 0.6 is 11.6 Å². The number of carbonyl (C=O) groups excluding carboxylic acids is 4.